The number of rotatable bonds is 8. The van der Waals surface area contributed by atoms with Crippen molar-refractivity contribution in [2.75, 3.05) is 6.54 Å². The van der Waals surface area contributed by atoms with E-state index in [1.54, 1.807) is 12.1 Å². The number of halogens is 1. The van der Waals surface area contributed by atoms with Gasteiger partial charge in [0.1, 0.15) is 5.82 Å². The van der Waals surface area contributed by atoms with E-state index < -0.39 is 5.97 Å². The van der Waals surface area contributed by atoms with Gasteiger partial charge >= 0.3 is 5.97 Å². The van der Waals surface area contributed by atoms with Crippen molar-refractivity contribution < 1.29 is 19.1 Å². The highest BCUT2D eigenvalue weighted by Gasteiger charge is 2.19. The minimum absolute atomic E-state index is 0.115. The maximum Gasteiger partial charge on any atom is 0.303 e. The Kier molecular flexibility index (Phi) is 6.34. The Hall–Kier alpha value is -1.91. The van der Waals surface area contributed by atoms with Gasteiger partial charge in [-0.15, -0.1) is 0 Å². The minimum Gasteiger partial charge on any atom is -0.481 e. The van der Waals surface area contributed by atoms with E-state index in [1.807, 2.05) is 13.8 Å². The summed E-state index contributed by atoms with van der Waals surface area (Å²) in [5, 5.41) is 11.5. The molecule has 21 heavy (non-hydrogen) atoms. The van der Waals surface area contributed by atoms with Crippen LogP contribution >= 0.6 is 0 Å². The number of hydrogen-bond acceptors (Lipinski definition) is 2. The van der Waals surface area contributed by atoms with Crippen LogP contribution in [0.5, 0.6) is 0 Å². The third-order valence-electron chi connectivity index (χ3n) is 3.42. The number of carboxylic acids is 1. The van der Waals surface area contributed by atoms with Gasteiger partial charge in [0.05, 0.1) is 6.42 Å². The lowest BCUT2D eigenvalue weighted by molar-refractivity contribution is -0.137. The number of amides is 1. The molecule has 1 amide bonds. The summed E-state index contributed by atoms with van der Waals surface area (Å²) >= 11 is 0. The summed E-state index contributed by atoms with van der Waals surface area (Å²) in [5.41, 5.74) is 0.640. The second-order valence-electron chi connectivity index (χ2n) is 5.96. The Balaban J connectivity index is 2.29. The fraction of sp³-hybridized carbons (Fsp3) is 0.500. The summed E-state index contributed by atoms with van der Waals surface area (Å²) in [7, 11) is 0. The molecule has 116 valence electrons. The predicted octanol–water partition coefficient (Wildman–Crippen LogP) is 2.77. The van der Waals surface area contributed by atoms with Crippen molar-refractivity contribution in [2.24, 2.45) is 5.41 Å². The fourth-order valence-electron chi connectivity index (χ4n) is 1.96. The molecular formula is C16H22FNO3. The second kappa shape index (κ2) is 7.76. The van der Waals surface area contributed by atoms with Crippen molar-refractivity contribution in [3.05, 3.63) is 35.6 Å². The molecule has 0 spiro atoms. The predicted molar refractivity (Wildman–Crippen MR) is 78.4 cm³/mol. The first kappa shape index (κ1) is 17.1. The molecule has 1 aromatic carbocycles. The van der Waals surface area contributed by atoms with E-state index in [4.69, 9.17) is 5.11 Å². The van der Waals surface area contributed by atoms with Crippen LogP contribution in [0.3, 0.4) is 0 Å². The van der Waals surface area contributed by atoms with Crippen LogP contribution in [-0.2, 0) is 16.0 Å². The highest BCUT2D eigenvalue weighted by molar-refractivity contribution is 5.78. The van der Waals surface area contributed by atoms with Gasteiger partial charge in [-0.25, -0.2) is 4.39 Å². The number of nitrogens with one attached hydrogen (secondary N) is 1. The highest BCUT2D eigenvalue weighted by Crippen LogP contribution is 2.25. The highest BCUT2D eigenvalue weighted by atomic mass is 19.1. The van der Waals surface area contributed by atoms with Crippen LogP contribution in [0.15, 0.2) is 24.3 Å². The summed E-state index contributed by atoms with van der Waals surface area (Å²) in [4.78, 5) is 22.3. The first-order valence-corrected chi connectivity index (χ1v) is 7.01. The van der Waals surface area contributed by atoms with E-state index in [9.17, 15) is 14.0 Å². The summed E-state index contributed by atoms with van der Waals surface area (Å²) in [6.45, 7) is 4.48. The molecule has 1 rings (SSSR count). The number of carbonyl (C=O) groups is 2. The van der Waals surface area contributed by atoms with Crippen molar-refractivity contribution in [1.82, 2.24) is 5.32 Å². The topological polar surface area (TPSA) is 66.4 Å². The molecule has 5 heteroatoms. The van der Waals surface area contributed by atoms with Crippen LogP contribution in [0.25, 0.3) is 0 Å². The molecule has 2 N–H and O–H groups in total. The van der Waals surface area contributed by atoms with Crippen LogP contribution in [-0.4, -0.2) is 23.5 Å². The molecule has 4 nitrogen and oxygen atoms in total. The zero-order valence-electron chi connectivity index (χ0n) is 12.5. The normalized spacial score (nSPS) is 11.2. The Bertz CT molecular complexity index is 483. The van der Waals surface area contributed by atoms with Crippen LogP contribution in [0.1, 0.15) is 38.7 Å². The summed E-state index contributed by atoms with van der Waals surface area (Å²) in [6, 6.07) is 5.84. The van der Waals surface area contributed by atoms with E-state index in [2.05, 4.69) is 5.32 Å². The third kappa shape index (κ3) is 7.44. The van der Waals surface area contributed by atoms with Crippen molar-refractivity contribution in [3.8, 4) is 0 Å². The fourth-order valence-corrected chi connectivity index (χ4v) is 1.96. The lowest BCUT2D eigenvalue weighted by Crippen LogP contribution is -2.29. The number of hydrogen-bond donors (Lipinski definition) is 2. The van der Waals surface area contributed by atoms with E-state index in [0.29, 0.717) is 13.0 Å². The van der Waals surface area contributed by atoms with Crippen molar-refractivity contribution >= 4 is 11.9 Å². The first-order valence-electron chi connectivity index (χ1n) is 7.01. The SMILES string of the molecule is CC(C)(CCNC(=O)Cc1ccc(F)cc1)CCC(=O)O. The van der Waals surface area contributed by atoms with Gasteiger partial charge in [0, 0.05) is 13.0 Å². The van der Waals surface area contributed by atoms with E-state index >= 15 is 0 Å². The molecule has 0 atom stereocenters. The molecule has 0 aliphatic rings. The first-order chi connectivity index (χ1) is 9.78. The van der Waals surface area contributed by atoms with E-state index in [-0.39, 0.29) is 30.0 Å². The van der Waals surface area contributed by atoms with Crippen LogP contribution in [0.4, 0.5) is 4.39 Å². The molecule has 1 aromatic rings. The standard InChI is InChI=1S/C16H22FNO3/c1-16(2,8-7-15(20)21)9-10-18-14(19)11-12-3-5-13(17)6-4-12/h3-6H,7-11H2,1-2H3,(H,18,19)(H,20,21). The maximum absolute atomic E-state index is 12.7. The molecule has 0 aliphatic heterocycles. The number of benzene rings is 1. The summed E-state index contributed by atoms with van der Waals surface area (Å²) < 4.78 is 12.7. The van der Waals surface area contributed by atoms with E-state index in [0.717, 1.165) is 12.0 Å². The van der Waals surface area contributed by atoms with Gasteiger partial charge in [-0.05, 0) is 36.0 Å². The Labute approximate surface area is 124 Å². The molecule has 0 saturated heterocycles. The Morgan fingerprint density at radius 1 is 1.19 bits per heavy atom. The van der Waals surface area contributed by atoms with Gasteiger partial charge in [-0.3, -0.25) is 9.59 Å². The zero-order chi connectivity index (χ0) is 15.9. The average molecular weight is 295 g/mol. The molecule has 0 saturated carbocycles. The average Bonchev–Trinajstić information content (AvgIpc) is 2.39. The molecule has 0 bridgehead atoms. The molecule has 0 heterocycles. The minimum atomic E-state index is -0.802. The van der Waals surface area contributed by atoms with Gasteiger partial charge < -0.3 is 10.4 Å². The number of carboxylic acid groups (broad SMARTS) is 1. The van der Waals surface area contributed by atoms with Crippen molar-refractivity contribution in [3.63, 3.8) is 0 Å². The summed E-state index contributed by atoms with van der Waals surface area (Å²) in [6.07, 6.45) is 1.65. The molecular weight excluding hydrogens is 273 g/mol. The van der Waals surface area contributed by atoms with E-state index in [1.165, 1.54) is 12.1 Å². The monoisotopic (exact) mass is 295 g/mol. The van der Waals surface area contributed by atoms with Crippen molar-refractivity contribution in [2.45, 2.75) is 39.5 Å². The third-order valence-corrected chi connectivity index (χ3v) is 3.42. The Morgan fingerprint density at radius 3 is 2.38 bits per heavy atom. The summed E-state index contributed by atoms with van der Waals surface area (Å²) in [5.74, 6) is -1.24. The number of aliphatic carboxylic acids is 1. The van der Waals surface area contributed by atoms with Crippen LogP contribution < -0.4 is 5.32 Å². The number of carbonyl (C=O) groups excluding carboxylic acids is 1. The van der Waals surface area contributed by atoms with Crippen molar-refractivity contribution in [1.29, 1.82) is 0 Å². The van der Waals surface area contributed by atoms with Gasteiger partial charge in [-0.2, -0.15) is 0 Å². The molecule has 0 radical (unpaired) electrons. The van der Waals surface area contributed by atoms with Gasteiger partial charge in [0.25, 0.3) is 0 Å². The van der Waals surface area contributed by atoms with Gasteiger partial charge in [-0.1, -0.05) is 26.0 Å². The van der Waals surface area contributed by atoms with Gasteiger partial charge in [0.15, 0.2) is 0 Å². The molecule has 0 unspecified atom stereocenters. The zero-order valence-corrected chi connectivity index (χ0v) is 12.5. The molecule has 0 fully saturated rings. The van der Waals surface area contributed by atoms with Gasteiger partial charge in [0.2, 0.25) is 5.91 Å². The second-order valence-corrected chi connectivity index (χ2v) is 5.96. The smallest absolute Gasteiger partial charge is 0.303 e. The lowest BCUT2D eigenvalue weighted by Gasteiger charge is -2.23. The lowest BCUT2D eigenvalue weighted by atomic mass is 9.84. The molecule has 0 aromatic heterocycles. The maximum atomic E-state index is 12.7. The van der Waals surface area contributed by atoms with Crippen LogP contribution in [0, 0.1) is 11.2 Å². The Morgan fingerprint density at radius 2 is 1.81 bits per heavy atom. The molecule has 0 aliphatic carbocycles. The quantitative estimate of drug-likeness (QED) is 0.775. The largest absolute Gasteiger partial charge is 0.481 e. The van der Waals surface area contributed by atoms with Crippen LogP contribution in [0.2, 0.25) is 0 Å².